The van der Waals surface area contributed by atoms with E-state index in [4.69, 9.17) is 0 Å². The molecule has 1 aromatic heterocycles. The van der Waals surface area contributed by atoms with Gasteiger partial charge in [0.1, 0.15) is 0 Å². The van der Waals surface area contributed by atoms with Crippen LogP contribution in [0.25, 0.3) is 0 Å². The highest BCUT2D eigenvalue weighted by Gasteiger charge is 2.14. The van der Waals surface area contributed by atoms with E-state index in [2.05, 4.69) is 80.3 Å². The summed E-state index contributed by atoms with van der Waals surface area (Å²) in [6.07, 6.45) is 7.33. The maximum Gasteiger partial charge on any atom is 0.0521 e. The molecule has 3 nitrogen and oxygen atoms in total. The van der Waals surface area contributed by atoms with Gasteiger partial charge in [-0.1, -0.05) is 22.9 Å². The van der Waals surface area contributed by atoms with Gasteiger partial charge in [-0.15, -0.1) is 0 Å². The Morgan fingerprint density at radius 3 is 2.90 bits per heavy atom. The minimum atomic E-state index is 0.384. The Balaban J connectivity index is 2.11. The van der Waals surface area contributed by atoms with Crippen molar-refractivity contribution in [2.45, 2.75) is 32.2 Å². The van der Waals surface area contributed by atoms with Gasteiger partial charge in [-0.3, -0.25) is 4.68 Å². The van der Waals surface area contributed by atoms with Gasteiger partial charge in [0.2, 0.25) is 0 Å². The fraction of sp³-hybridized carbons (Fsp3) is 0.438. The highest BCUT2D eigenvalue weighted by Crippen LogP contribution is 2.27. The van der Waals surface area contributed by atoms with Crippen molar-refractivity contribution in [3.05, 3.63) is 49.8 Å². The Labute approximate surface area is 148 Å². The number of nitrogens with zero attached hydrogens (tertiary/aromatic N) is 2. The molecule has 0 saturated carbocycles. The Bertz CT molecular complexity index is 583. The van der Waals surface area contributed by atoms with Crippen molar-refractivity contribution in [3.8, 4) is 0 Å². The Morgan fingerprint density at radius 2 is 2.24 bits per heavy atom. The van der Waals surface area contributed by atoms with Crippen LogP contribution in [0.3, 0.4) is 0 Å². The predicted octanol–water partition coefficient (Wildman–Crippen LogP) is 4.46. The second-order valence-electron chi connectivity index (χ2n) is 5.23. The quantitative estimate of drug-likeness (QED) is 0.617. The van der Waals surface area contributed by atoms with E-state index in [9.17, 15) is 0 Å². The summed E-state index contributed by atoms with van der Waals surface area (Å²) in [6.45, 7) is 3.25. The third-order valence-corrected chi connectivity index (χ3v) is 4.93. The minimum absolute atomic E-state index is 0.384. The number of hydrogen-bond acceptors (Lipinski definition) is 2. The number of nitrogens with one attached hydrogen (secondary N) is 1. The van der Waals surface area contributed by atoms with Gasteiger partial charge in [-0.2, -0.15) is 5.10 Å². The molecule has 1 atom stereocenters. The lowest BCUT2D eigenvalue weighted by molar-refractivity contribution is 0.497. The Morgan fingerprint density at radius 1 is 1.43 bits per heavy atom. The second-order valence-corrected chi connectivity index (χ2v) is 7.31. The number of rotatable bonds is 7. The van der Waals surface area contributed by atoms with Crippen LogP contribution in [0.1, 0.15) is 36.9 Å². The van der Waals surface area contributed by atoms with Crippen molar-refractivity contribution in [1.82, 2.24) is 15.1 Å². The van der Waals surface area contributed by atoms with Gasteiger partial charge >= 0.3 is 0 Å². The first-order valence-electron chi connectivity index (χ1n) is 7.26. The van der Waals surface area contributed by atoms with Gasteiger partial charge in [0.05, 0.1) is 6.20 Å². The van der Waals surface area contributed by atoms with Gasteiger partial charge in [-0.25, -0.2) is 0 Å². The van der Waals surface area contributed by atoms with Crippen molar-refractivity contribution in [3.63, 3.8) is 0 Å². The number of halogens is 2. The predicted molar refractivity (Wildman–Crippen MR) is 99.4 cm³/mol. The zero-order valence-electron chi connectivity index (χ0n) is 12.4. The molecular formula is C16H21BrIN3. The summed E-state index contributed by atoms with van der Waals surface area (Å²) < 4.78 is 4.32. The van der Waals surface area contributed by atoms with E-state index in [0.717, 1.165) is 30.3 Å². The lowest BCUT2D eigenvalue weighted by Crippen LogP contribution is -2.23. The molecule has 1 aromatic carbocycles. The minimum Gasteiger partial charge on any atom is -0.310 e. The fourth-order valence-electron chi connectivity index (χ4n) is 2.38. The first-order valence-corrected chi connectivity index (χ1v) is 9.13. The Hall–Kier alpha value is -0.400. The molecule has 0 bridgehead atoms. The van der Waals surface area contributed by atoms with E-state index in [1.165, 1.54) is 14.7 Å². The van der Waals surface area contributed by atoms with Crippen LogP contribution in [0.2, 0.25) is 0 Å². The van der Waals surface area contributed by atoms with Gasteiger partial charge in [0, 0.05) is 27.3 Å². The van der Waals surface area contributed by atoms with Crippen molar-refractivity contribution in [2.24, 2.45) is 7.05 Å². The fourth-order valence-corrected chi connectivity index (χ4v) is 3.47. The van der Waals surface area contributed by atoms with Crippen LogP contribution in [-0.2, 0) is 13.5 Å². The van der Waals surface area contributed by atoms with E-state index >= 15 is 0 Å². The monoisotopic (exact) mass is 461 g/mol. The molecule has 0 spiro atoms. The molecule has 114 valence electrons. The summed E-state index contributed by atoms with van der Waals surface area (Å²) in [5.74, 6) is 0. The van der Waals surface area contributed by atoms with E-state index in [-0.39, 0.29) is 0 Å². The molecule has 0 aliphatic carbocycles. The molecule has 2 aromatic rings. The van der Waals surface area contributed by atoms with Crippen LogP contribution in [-0.4, -0.2) is 16.3 Å². The SMILES string of the molecule is CCCNC(CCc1cnn(C)c1)c1cc(Br)ccc1I. The molecule has 1 unspecified atom stereocenters. The zero-order chi connectivity index (χ0) is 15.2. The van der Waals surface area contributed by atoms with Crippen molar-refractivity contribution in [2.75, 3.05) is 6.54 Å². The Kier molecular flexibility index (Phi) is 6.70. The summed E-state index contributed by atoms with van der Waals surface area (Å²) in [7, 11) is 1.97. The van der Waals surface area contributed by atoms with E-state index in [1.54, 1.807) is 0 Å². The first-order chi connectivity index (χ1) is 10.1. The molecule has 1 N–H and O–H groups in total. The molecule has 2 rings (SSSR count). The standard InChI is InChI=1S/C16H21BrIN3/c1-3-8-19-16(7-4-12-10-20-21(2)11-12)14-9-13(17)5-6-15(14)18/h5-6,9-11,16,19H,3-4,7-8H2,1-2H3. The molecule has 0 saturated heterocycles. The zero-order valence-corrected chi connectivity index (χ0v) is 16.2. The summed E-state index contributed by atoms with van der Waals surface area (Å²) in [5, 5.41) is 7.93. The molecule has 5 heteroatoms. The van der Waals surface area contributed by atoms with Crippen LogP contribution in [0, 0.1) is 3.57 Å². The molecule has 0 aliphatic heterocycles. The third-order valence-electron chi connectivity index (χ3n) is 3.45. The molecular weight excluding hydrogens is 441 g/mol. The highest BCUT2D eigenvalue weighted by molar-refractivity contribution is 14.1. The van der Waals surface area contributed by atoms with E-state index < -0.39 is 0 Å². The smallest absolute Gasteiger partial charge is 0.0521 e. The van der Waals surface area contributed by atoms with Crippen molar-refractivity contribution < 1.29 is 0 Å². The second kappa shape index (κ2) is 8.29. The molecule has 21 heavy (non-hydrogen) atoms. The topological polar surface area (TPSA) is 29.9 Å². The molecule has 0 radical (unpaired) electrons. The first kappa shape index (κ1) is 17.0. The highest BCUT2D eigenvalue weighted by atomic mass is 127. The molecule has 1 heterocycles. The van der Waals surface area contributed by atoms with E-state index in [0.29, 0.717) is 6.04 Å². The van der Waals surface area contributed by atoms with E-state index in [1.807, 2.05) is 17.9 Å². The molecule has 0 amide bonds. The summed E-state index contributed by atoms with van der Waals surface area (Å²) in [4.78, 5) is 0. The summed E-state index contributed by atoms with van der Waals surface area (Å²) in [5.41, 5.74) is 2.67. The number of aromatic nitrogens is 2. The van der Waals surface area contributed by atoms with Crippen molar-refractivity contribution in [1.29, 1.82) is 0 Å². The maximum absolute atomic E-state index is 4.25. The number of benzene rings is 1. The van der Waals surface area contributed by atoms with Gasteiger partial charge in [0.25, 0.3) is 0 Å². The molecule has 0 aliphatic rings. The van der Waals surface area contributed by atoms with Crippen LogP contribution < -0.4 is 5.32 Å². The normalized spacial score (nSPS) is 12.6. The summed E-state index contributed by atoms with van der Waals surface area (Å²) in [6, 6.07) is 6.89. The number of hydrogen-bond donors (Lipinski definition) is 1. The van der Waals surface area contributed by atoms with Crippen LogP contribution in [0.15, 0.2) is 35.1 Å². The largest absolute Gasteiger partial charge is 0.310 e. The van der Waals surface area contributed by atoms with Gasteiger partial charge < -0.3 is 5.32 Å². The lowest BCUT2D eigenvalue weighted by atomic mass is 10.00. The average Bonchev–Trinajstić information content (AvgIpc) is 2.88. The average molecular weight is 462 g/mol. The lowest BCUT2D eigenvalue weighted by Gasteiger charge is -2.20. The third kappa shape index (κ3) is 5.07. The van der Waals surface area contributed by atoms with Crippen molar-refractivity contribution >= 4 is 38.5 Å². The van der Waals surface area contributed by atoms with Gasteiger partial charge in [0.15, 0.2) is 0 Å². The van der Waals surface area contributed by atoms with Crippen LogP contribution >= 0.6 is 38.5 Å². The van der Waals surface area contributed by atoms with Crippen LogP contribution in [0.5, 0.6) is 0 Å². The summed E-state index contributed by atoms with van der Waals surface area (Å²) >= 11 is 6.01. The number of aryl methyl sites for hydroxylation is 2. The molecule has 0 fully saturated rings. The van der Waals surface area contributed by atoms with Crippen LogP contribution in [0.4, 0.5) is 0 Å². The van der Waals surface area contributed by atoms with Gasteiger partial charge in [-0.05, 0) is 77.7 Å². The maximum atomic E-state index is 4.25.